The quantitative estimate of drug-likeness (QED) is 0.760. The first-order valence-corrected chi connectivity index (χ1v) is 7.48. The molecule has 1 aromatic heterocycles. The zero-order valence-corrected chi connectivity index (χ0v) is 13.2. The highest BCUT2D eigenvalue weighted by atomic mass is 16.4. The molecule has 2 rings (SSSR count). The molecule has 0 fully saturated rings. The van der Waals surface area contributed by atoms with Gasteiger partial charge in [0.15, 0.2) is 5.69 Å². The molecule has 0 aliphatic rings. The number of nitrogens with one attached hydrogen (secondary N) is 1. The third-order valence-corrected chi connectivity index (χ3v) is 3.46. The van der Waals surface area contributed by atoms with E-state index in [-0.39, 0.29) is 18.0 Å². The first-order valence-electron chi connectivity index (χ1n) is 7.48. The minimum atomic E-state index is -0.826. The van der Waals surface area contributed by atoms with E-state index in [9.17, 15) is 9.59 Å². The highest BCUT2D eigenvalue weighted by Gasteiger charge is 2.16. The molecular weight excluding hydrogens is 296 g/mol. The van der Waals surface area contributed by atoms with Crippen molar-refractivity contribution in [2.24, 2.45) is 0 Å². The smallest absolute Gasteiger partial charge is 0.303 e. The number of hydrogen-bond donors (Lipinski definition) is 2. The van der Waals surface area contributed by atoms with Crippen LogP contribution >= 0.6 is 0 Å². The summed E-state index contributed by atoms with van der Waals surface area (Å²) >= 11 is 0. The Morgan fingerprint density at radius 2 is 2.04 bits per heavy atom. The lowest BCUT2D eigenvalue weighted by Crippen LogP contribution is -2.25. The van der Waals surface area contributed by atoms with E-state index in [0.29, 0.717) is 25.1 Å². The molecule has 0 radical (unpaired) electrons. The van der Waals surface area contributed by atoms with Crippen molar-refractivity contribution >= 4 is 11.9 Å². The molecule has 7 nitrogen and oxygen atoms in total. The molecule has 2 aromatic rings. The largest absolute Gasteiger partial charge is 0.481 e. The molecule has 1 aromatic carbocycles. The normalized spacial score (nSPS) is 10.5. The van der Waals surface area contributed by atoms with Crippen molar-refractivity contribution < 1.29 is 14.7 Å². The van der Waals surface area contributed by atoms with E-state index in [0.717, 1.165) is 11.3 Å². The second-order valence-electron chi connectivity index (χ2n) is 5.38. The summed E-state index contributed by atoms with van der Waals surface area (Å²) in [5.74, 6) is -1.12. The van der Waals surface area contributed by atoms with Crippen LogP contribution in [0.15, 0.2) is 24.3 Å². The van der Waals surface area contributed by atoms with E-state index in [1.807, 2.05) is 31.2 Å². The molecule has 0 spiro atoms. The highest BCUT2D eigenvalue weighted by molar-refractivity contribution is 5.93. The van der Waals surface area contributed by atoms with Gasteiger partial charge in [-0.3, -0.25) is 9.59 Å². The van der Waals surface area contributed by atoms with Crippen LogP contribution in [-0.4, -0.2) is 38.5 Å². The molecule has 7 heteroatoms. The van der Waals surface area contributed by atoms with Crippen molar-refractivity contribution in [3.63, 3.8) is 0 Å². The van der Waals surface area contributed by atoms with E-state index in [1.54, 1.807) is 11.6 Å². The van der Waals surface area contributed by atoms with Crippen molar-refractivity contribution in [1.82, 2.24) is 20.3 Å². The predicted octanol–water partition coefficient (Wildman–Crippen LogP) is 1.87. The Labute approximate surface area is 134 Å². The second kappa shape index (κ2) is 7.53. The van der Waals surface area contributed by atoms with Crippen LogP contribution in [0.1, 0.15) is 41.0 Å². The number of aryl methyl sites for hydroxylation is 1. The van der Waals surface area contributed by atoms with Crippen molar-refractivity contribution in [2.45, 2.75) is 33.1 Å². The van der Waals surface area contributed by atoms with E-state index >= 15 is 0 Å². The number of benzene rings is 1. The number of aromatic nitrogens is 3. The Morgan fingerprint density at radius 3 is 2.74 bits per heavy atom. The maximum absolute atomic E-state index is 12.1. The monoisotopic (exact) mass is 316 g/mol. The molecule has 0 atom stereocenters. The van der Waals surface area contributed by atoms with E-state index in [1.165, 1.54) is 0 Å². The average molecular weight is 316 g/mol. The minimum absolute atomic E-state index is 0.110. The number of nitrogens with zero attached hydrogens (tertiary/aromatic N) is 3. The van der Waals surface area contributed by atoms with Gasteiger partial charge in [0.05, 0.1) is 11.4 Å². The lowest BCUT2D eigenvalue weighted by Gasteiger charge is -2.05. The maximum atomic E-state index is 12.1. The standard InChI is InChI=1S/C16H20N4O3/c1-11-6-5-7-13(10-11)20-12(2)15(18-19-20)16(23)17-9-4-3-8-14(21)22/h5-7,10H,3-4,8-9H2,1-2H3,(H,17,23)(H,21,22). The van der Waals surface area contributed by atoms with Crippen molar-refractivity contribution in [2.75, 3.05) is 6.54 Å². The third-order valence-electron chi connectivity index (χ3n) is 3.46. The van der Waals surface area contributed by atoms with Gasteiger partial charge in [0, 0.05) is 13.0 Å². The summed E-state index contributed by atoms with van der Waals surface area (Å²) in [6.07, 6.45) is 1.26. The van der Waals surface area contributed by atoms with E-state index < -0.39 is 5.97 Å². The number of carboxylic acids is 1. The molecule has 23 heavy (non-hydrogen) atoms. The maximum Gasteiger partial charge on any atom is 0.303 e. The van der Waals surface area contributed by atoms with Gasteiger partial charge < -0.3 is 10.4 Å². The number of carbonyl (C=O) groups excluding carboxylic acids is 1. The van der Waals surface area contributed by atoms with Gasteiger partial charge in [-0.2, -0.15) is 0 Å². The molecule has 0 aliphatic heterocycles. The fourth-order valence-corrected chi connectivity index (χ4v) is 2.23. The van der Waals surface area contributed by atoms with Crippen molar-refractivity contribution in [1.29, 1.82) is 0 Å². The number of amides is 1. The summed E-state index contributed by atoms with van der Waals surface area (Å²) in [6.45, 7) is 4.20. The van der Waals surface area contributed by atoms with E-state index in [4.69, 9.17) is 5.11 Å². The van der Waals surface area contributed by atoms with E-state index in [2.05, 4.69) is 15.6 Å². The van der Waals surface area contributed by atoms with Gasteiger partial charge in [0.1, 0.15) is 0 Å². The molecule has 1 amide bonds. The molecule has 1 heterocycles. The Balaban J connectivity index is 1.98. The zero-order chi connectivity index (χ0) is 16.8. The third kappa shape index (κ3) is 4.38. The van der Waals surface area contributed by atoms with Crippen molar-refractivity contribution in [3.05, 3.63) is 41.2 Å². The van der Waals surface area contributed by atoms with Crippen LogP contribution < -0.4 is 5.32 Å². The fraction of sp³-hybridized carbons (Fsp3) is 0.375. The van der Waals surface area contributed by atoms with Gasteiger partial charge in [0.2, 0.25) is 0 Å². The van der Waals surface area contributed by atoms with Crippen molar-refractivity contribution in [3.8, 4) is 5.69 Å². The summed E-state index contributed by atoms with van der Waals surface area (Å²) in [6, 6.07) is 7.78. The van der Waals surface area contributed by atoms with Gasteiger partial charge >= 0.3 is 5.97 Å². The Hall–Kier alpha value is -2.70. The number of unbranched alkanes of at least 4 members (excludes halogenated alkanes) is 1. The summed E-state index contributed by atoms with van der Waals surface area (Å²) in [7, 11) is 0. The number of rotatable bonds is 7. The van der Waals surface area contributed by atoms with Gasteiger partial charge in [-0.15, -0.1) is 5.10 Å². The molecule has 0 aliphatic carbocycles. The van der Waals surface area contributed by atoms with Gasteiger partial charge in [-0.05, 0) is 44.4 Å². The zero-order valence-electron chi connectivity index (χ0n) is 13.2. The molecule has 0 saturated carbocycles. The molecule has 122 valence electrons. The van der Waals surface area contributed by atoms with Crippen LogP contribution in [-0.2, 0) is 4.79 Å². The number of carboxylic acid groups (broad SMARTS) is 1. The van der Waals surface area contributed by atoms with Crippen LogP contribution in [0.25, 0.3) is 5.69 Å². The molecule has 2 N–H and O–H groups in total. The Bertz CT molecular complexity index is 709. The minimum Gasteiger partial charge on any atom is -0.481 e. The topological polar surface area (TPSA) is 97.1 Å². The van der Waals surface area contributed by atoms with Crippen LogP contribution in [0.5, 0.6) is 0 Å². The van der Waals surface area contributed by atoms with Gasteiger partial charge in [-0.1, -0.05) is 17.3 Å². The highest BCUT2D eigenvalue weighted by Crippen LogP contribution is 2.13. The SMILES string of the molecule is Cc1cccc(-n2nnc(C(=O)NCCCCC(=O)O)c2C)c1. The van der Waals surface area contributed by atoms with Crippen LogP contribution in [0.2, 0.25) is 0 Å². The molecule has 0 bridgehead atoms. The number of aliphatic carboxylic acids is 1. The summed E-state index contributed by atoms with van der Waals surface area (Å²) < 4.78 is 1.63. The lowest BCUT2D eigenvalue weighted by atomic mass is 10.2. The Morgan fingerprint density at radius 1 is 1.26 bits per heavy atom. The summed E-state index contributed by atoms with van der Waals surface area (Å²) in [5, 5.41) is 19.3. The van der Waals surface area contributed by atoms with Gasteiger partial charge in [-0.25, -0.2) is 4.68 Å². The van der Waals surface area contributed by atoms with Gasteiger partial charge in [0.25, 0.3) is 5.91 Å². The number of hydrogen-bond acceptors (Lipinski definition) is 4. The Kier molecular flexibility index (Phi) is 5.46. The first-order chi connectivity index (χ1) is 11.0. The summed E-state index contributed by atoms with van der Waals surface area (Å²) in [5.41, 5.74) is 2.90. The average Bonchev–Trinajstić information content (AvgIpc) is 2.88. The fourth-order valence-electron chi connectivity index (χ4n) is 2.23. The molecule has 0 unspecified atom stereocenters. The first kappa shape index (κ1) is 16.7. The van der Waals surface area contributed by atoms with Crippen LogP contribution in [0.4, 0.5) is 0 Å². The predicted molar refractivity (Wildman–Crippen MR) is 84.7 cm³/mol. The molecular formula is C16H20N4O3. The number of carbonyl (C=O) groups is 2. The second-order valence-corrected chi connectivity index (χ2v) is 5.38. The lowest BCUT2D eigenvalue weighted by molar-refractivity contribution is -0.137. The van der Waals surface area contributed by atoms with Crippen LogP contribution in [0, 0.1) is 13.8 Å². The molecule has 0 saturated heterocycles. The van der Waals surface area contributed by atoms with Crippen LogP contribution in [0.3, 0.4) is 0 Å². The summed E-state index contributed by atoms with van der Waals surface area (Å²) in [4.78, 5) is 22.5.